The Kier molecular flexibility index (Phi) is 3.01. The van der Waals surface area contributed by atoms with Crippen molar-refractivity contribution in [2.45, 2.75) is 19.8 Å². The van der Waals surface area contributed by atoms with E-state index in [9.17, 15) is 14.6 Å². The lowest BCUT2D eigenvalue weighted by atomic mass is 10.0. The van der Waals surface area contributed by atoms with Crippen LogP contribution < -0.4 is 5.54 Å². The van der Waals surface area contributed by atoms with Gasteiger partial charge in [-0.05, 0) is 17.5 Å². The van der Waals surface area contributed by atoms with E-state index in [-0.39, 0.29) is 17.3 Å². The highest BCUT2D eigenvalue weighted by Crippen LogP contribution is 2.28. The van der Waals surface area contributed by atoms with Crippen LogP contribution in [-0.2, 0) is 0 Å². The molecule has 4 nitrogen and oxygen atoms in total. The summed E-state index contributed by atoms with van der Waals surface area (Å²) in [6, 6.07) is 4.12. The van der Waals surface area contributed by atoms with Crippen LogP contribution >= 0.6 is 0 Å². The number of hydrogen-bond acceptors (Lipinski definition) is 3. The molecule has 0 fully saturated rings. The Bertz CT molecular complexity index is 353. The van der Waals surface area contributed by atoms with Gasteiger partial charge >= 0.3 is 0 Å². The summed E-state index contributed by atoms with van der Waals surface area (Å²) >= 11 is 0. The second-order valence-electron chi connectivity index (χ2n) is 3.28. The summed E-state index contributed by atoms with van der Waals surface area (Å²) in [4.78, 5) is 9.85. The second kappa shape index (κ2) is 4.04. The van der Waals surface area contributed by atoms with Crippen LogP contribution in [-0.4, -0.2) is 4.92 Å². The lowest BCUT2D eigenvalue weighted by Crippen LogP contribution is -1.96. The maximum absolute atomic E-state index is 12.3. The molecule has 0 aliphatic rings. The molecule has 0 heterocycles. The van der Waals surface area contributed by atoms with Gasteiger partial charge in [-0.1, -0.05) is 13.8 Å². The van der Waals surface area contributed by atoms with E-state index < -0.39 is 4.92 Å². The van der Waals surface area contributed by atoms with Crippen molar-refractivity contribution in [2.75, 3.05) is 5.54 Å². The van der Waals surface area contributed by atoms with Crippen LogP contribution in [0.3, 0.4) is 0 Å². The molecule has 1 rings (SSSR count). The minimum Gasteiger partial charge on any atom is -0.258 e. The van der Waals surface area contributed by atoms with Gasteiger partial charge in [-0.3, -0.25) is 10.1 Å². The van der Waals surface area contributed by atoms with E-state index in [1.54, 1.807) is 6.07 Å². The molecule has 0 unspecified atom stereocenters. The van der Waals surface area contributed by atoms with E-state index in [1.165, 1.54) is 17.7 Å². The van der Waals surface area contributed by atoms with E-state index in [0.29, 0.717) is 0 Å². The summed E-state index contributed by atoms with van der Waals surface area (Å²) in [6.07, 6.45) is 0. The highest BCUT2D eigenvalue weighted by atomic mass is 19.2. The predicted octanol–water partition coefficient (Wildman–Crippen LogP) is 3.01. The molecule has 0 spiro atoms. The first kappa shape index (κ1) is 10.4. The number of nitro groups is 1. The molecule has 0 saturated carbocycles. The van der Waals surface area contributed by atoms with Crippen LogP contribution in [0.25, 0.3) is 0 Å². The molecule has 0 atom stereocenters. The molecule has 1 N–H and O–H groups in total. The summed E-state index contributed by atoms with van der Waals surface area (Å²) in [5, 5.41) is 10.4. The van der Waals surface area contributed by atoms with Crippen molar-refractivity contribution >= 4 is 11.4 Å². The zero-order valence-electron chi connectivity index (χ0n) is 7.95. The molecule has 0 amide bonds. The molecule has 1 aromatic carbocycles. The van der Waals surface area contributed by atoms with Gasteiger partial charge < -0.3 is 0 Å². The molecular weight excluding hydrogens is 187 g/mol. The summed E-state index contributed by atoms with van der Waals surface area (Å²) < 4.78 is 12.3. The second-order valence-corrected chi connectivity index (χ2v) is 3.28. The smallest absolute Gasteiger partial charge is 0.258 e. The lowest BCUT2D eigenvalue weighted by Gasteiger charge is -2.09. The molecular formula is C9H11FN2O2. The van der Waals surface area contributed by atoms with E-state index in [1.807, 2.05) is 13.8 Å². The van der Waals surface area contributed by atoms with Crippen molar-refractivity contribution in [3.8, 4) is 0 Å². The minimum atomic E-state index is -0.551. The van der Waals surface area contributed by atoms with Crippen LogP contribution in [0.5, 0.6) is 0 Å². The molecule has 0 saturated heterocycles. The van der Waals surface area contributed by atoms with Crippen molar-refractivity contribution < 1.29 is 9.40 Å². The number of rotatable bonds is 3. The SMILES string of the molecule is CC(C)c1ccc([N+](=O)[O-])cc1NF. The van der Waals surface area contributed by atoms with Gasteiger partial charge in [0.2, 0.25) is 0 Å². The number of anilines is 1. The maximum atomic E-state index is 12.3. The minimum absolute atomic E-state index is 0.116. The third-order valence-corrected chi connectivity index (χ3v) is 1.97. The first-order valence-electron chi connectivity index (χ1n) is 4.21. The fraction of sp³-hybridized carbons (Fsp3) is 0.333. The Balaban J connectivity index is 3.18. The third kappa shape index (κ3) is 1.99. The number of non-ortho nitro benzene ring substituents is 1. The van der Waals surface area contributed by atoms with Crippen LogP contribution in [0.4, 0.5) is 15.9 Å². The van der Waals surface area contributed by atoms with Gasteiger partial charge in [-0.2, -0.15) is 0 Å². The number of nitro benzene ring substituents is 1. The third-order valence-electron chi connectivity index (χ3n) is 1.97. The maximum Gasteiger partial charge on any atom is 0.271 e. The highest BCUT2D eigenvalue weighted by molar-refractivity contribution is 5.57. The molecule has 0 bridgehead atoms. The van der Waals surface area contributed by atoms with Crippen LogP contribution in [0.2, 0.25) is 0 Å². The molecule has 76 valence electrons. The molecule has 0 aliphatic heterocycles. The van der Waals surface area contributed by atoms with Crippen LogP contribution in [0.1, 0.15) is 25.3 Å². The van der Waals surface area contributed by atoms with E-state index in [0.717, 1.165) is 5.56 Å². The van der Waals surface area contributed by atoms with Crippen LogP contribution in [0.15, 0.2) is 18.2 Å². The van der Waals surface area contributed by atoms with Crippen molar-refractivity contribution in [3.63, 3.8) is 0 Å². The van der Waals surface area contributed by atoms with Crippen LogP contribution in [0, 0.1) is 10.1 Å². The zero-order valence-corrected chi connectivity index (χ0v) is 7.95. The van der Waals surface area contributed by atoms with E-state index in [4.69, 9.17) is 0 Å². The summed E-state index contributed by atoms with van der Waals surface area (Å²) in [7, 11) is 0. The molecule has 5 heteroatoms. The lowest BCUT2D eigenvalue weighted by molar-refractivity contribution is -0.384. The number of nitrogens with zero attached hydrogens (tertiary/aromatic N) is 1. The fourth-order valence-electron chi connectivity index (χ4n) is 1.24. The highest BCUT2D eigenvalue weighted by Gasteiger charge is 2.12. The normalized spacial score (nSPS) is 10.3. The summed E-state index contributed by atoms with van der Waals surface area (Å²) in [5.74, 6) is 0.119. The monoisotopic (exact) mass is 198 g/mol. The zero-order chi connectivity index (χ0) is 10.7. The Morgan fingerprint density at radius 2 is 2.14 bits per heavy atom. The Morgan fingerprint density at radius 1 is 1.50 bits per heavy atom. The first-order valence-corrected chi connectivity index (χ1v) is 4.21. The van der Waals surface area contributed by atoms with Gasteiger partial charge in [0.15, 0.2) is 0 Å². The quantitative estimate of drug-likeness (QED) is 0.461. The molecule has 0 radical (unpaired) electrons. The number of benzene rings is 1. The molecule has 1 aromatic rings. The van der Waals surface area contributed by atoms with Crippen molar-refractivity contribution in [3.05, 3.63) is 33.9 Å². The van der Waals surface area contributed by atoms with Gasteiger partial charge in [0, 0.05) is 12.1 Å². The van der Waals surface area contributed by atoms with Gasteiger partial charge in [0.25, 0.3) is 5.69 Å². The number of hydrogen-bond donors (Lipinski definition) is 1. The van der Waals surface area contributed by atoms with Gasteiger partial charge in [-0.15, -0.1) is 4.48 Å². The summed E-state index contributed by atoms with van der Waals surface area (Å²) in [5.41, 5.74) is 2.23. The summed E-state index contributed by atoms with van der Waals surface area (Å²) in [6.45, 7) is 3.78. The molecule has 0 aromatic heterocycles. The molecule has 0 aliphatic carbocycles. The van der Waals surface area contributed by atoms with Gasteiger partial charge in [0.05, 0.1) is 10.6 Å². The van der Waals surface area contributed by atoms with Gasteiger partial charge in [0.1, 0.15) is 0 Å². The number of halogens is 1. The van der Waals surface area contributed by atoms with Crippen molar-refractivity contribution in [1.82, 2.24) is 0 Å². The first-order chi connectivity index (χ1) is 6.56. The standard InChI is InChI=1S/C9H11FN2O2/c1-6(2)8-4-3-7(12(13)14)5-9(8)11-10/h3-6,11H,1-2H3. The van der Waals surface area contributed by atoms with Crippen molar-refractivity contribution in [2.24, 2.45) is 0 Å². The van der Waals surface area contributed by atoms with Gasteiger partial charge in [-0.25, -0.2) is 5.54 Å². The molecule has 14 heavy (non-hydrogen) atoms. The number of nitrogens with one attached hydrogen (secondary N) is 1. The Morgan fingerprint density at radius 3 is 2.57 bits per heavy atom. The fourth-order valence-corrected chi connectivity index (χ4v) is 1.24. The topological polar surface area (TPSA) is 55.2 Å². The predicted molar refractivity (Wildman–Crippen MR) is 51.9 cm³/mol. The van der Waals surface area contributed by atoms with Crippen molar-refractivity contribution in [1.29, 1.82) is 0 Å². The van der Waals surface area contributed by atoms with E-state index in [2.05, 4.69) is 0 Å². The average molecular weight is 198 g/mol. The van der Waals surface area contributed by atoms with E-state index >= 15 is 0 Å². The average Bonchev–Trinajstić information content (AvgIpc) is 2.16. The largest absolute Gasteiger partial charge is 0.271 e. The Hall–Kier alpha value is -1.65. The Labute approximate surface area is 80.8 Å².